The van der Waals surface area contributed by atoms with E-state index in [0.29, 0.717) is 30.1 Å². The number of aliphatic carboxylic acids is 1. The minimum atomic E-state index is -1.20. The Labute approximate surface area is 110 Å². The van der Waals surface area contributed by atoms with Gasteiger partial charge in [0.15, 0.2) is 0 Å². The molecule has 98 valence electrons. The van der Waals surface area contributed by atoms with Gasteiger partial charge in [-0.15, -0.1) is 0 Å². The van der Waals surface area contributed by atoms with E-state index in [1.165, 1.54) is 0 Å². The highest BCUT2D eigenvalue weighted by molar-refractivity contribution is 6.31. The average molecular weight is 271 g/mol. The minimum Gasteiger partial charge on any atom is -0.508 e. The summed E-state index contributed by atoms with van der Waals surface area (Å²) in [5.41, 5.74) is 5.19. The maximum atomic E-state index is 11.0. The summed E-state index contributed by atoms with van der Waals surface area (Å²) in [6.45, 7) is 1.23. The quantitative estimate of drug-likeness (QED) is 0.764. The lowest BCUT2D eigenvalue weighted by atomic mass is 10.0. The summed E-state index contributed by atoms with van der Waals surface area (Å²) in [7, 11) is 0. The van der Waals surface area contributed by atoms with Crippen LogP contribution in [0.25, 0.3) is 0 Å². The van der Waals surface area contributed by atoms with Gasteiger partial charge in [0, 0.05) is 30.2 Å². The predicted octanol–water partition coefficient (Wildman–Crippen LogP) is 1.03. The molecule has 0 bridgehead atoms. The molecule has 0 radical (unpaired) electrons. The van der Waals surface area contributed by atoms with E-state index in [2.05, 4.69) is 0 Å². The highest BCUT2D eigenvalue weighted by Gasteiger charge is 2.41. The Morgan fingerprint density at radius 1 is 1.56 bits per heavy atom. The van der Waals surface area contributed by atoms with Crippen molar-refractivity contribution >= 4 is 17.6 Å². The number of hydrogen-bond donors (Lipinski definition) is 3. The molecule has 0 aliphatic carbocycles. The highest BCUT2D eigenvalue weighted by atomic mass is 35.5. The average Bonchev–Trinajstić information content (AvgIpc) is 2.67. The van der Waals surface area contributed by atoms with Gasteiger partial charge in [0.25, 0.3) is 0 Å². The van der Waals surface area contributed by atoms with E-state index in [-0.39, 0.29) is 12.3 Å². The number of likely N-dealkylation sites (tertiary alicyclic amines) is 1. The lowest BCUT2D eigenvalue weighted by molar-refractivity contribution is -0.142. The van der Waals surface area contributed by atoms with Gasteiger partial charge in [-0.05, 0) is 18.6 Å². The zero-order valence-corrected chi connectivity index (χ0v) is 10.5. The molecule has 1 aliphatic heterocycles. The summed E-state index contributed by atoms with van der Waals surface area (Å²) in [4.78, 5) is 12.9. The van der Waals surface area contributed by atoms with E-state index in [1.54, 1.807) is 18.2 Å². The fourth-order valence-corrected chi connectivity index (χ4v) is 2.38. The first-order valence-electron chi connectivity index (χ1n) is 5.63. The van der Waals surface area contributed by atoms with E-state index in [0.717, 1.165) is 0 Å². The molecule has 6 heteroatoms. The number of carbonyl (C=O) groups is 1. The molecule has 1 heterocycles. The van der Waals surface area contributed by atoms with Crippen molar-refractivity contribution in [3.05, 3.63) is 28.8 Å². The Morgan fingerprint density at radius 2 is 2.28 bits per heavy atom. The third-order valence-electron chi connectivity index (χ3n) is 3.28. The summed E-state index contributed by atoms with van der Waals surface area (Å²) in [6.07, 6.45) is 0.396. The molecule has 5 nitrogen and oxygen atoms in total. The molecule has 0 saturated carbocycles. The van der Waals surface area contributed by atoms with E-state index in [1.807, 2.05) is 4.90 Å². The van der Waals surface area contributed by atoms with Crippen LogP contribution in [0.1, 0.15) is 12.0 Å². The molecule has 1 atom stereocenters. The largest absolute Gasteiger partial charge is 0.508 e. The van der Waals surface area contributed by atoms with E-state index in [9.17, 15) is 9.90 Å². The van der Waals surface area contributed by atoms with E-state index < -0.39 is 11.5 Å². The first-order valence-corrected chi connectivity index (χ1v) is 6.01. The maximum Gasteiger partial charge on any atom is 0.325 e. The van der Waals surface area contributed by atoms with Gasteiger partial charge in [0.2, 0.25) is 0 Å². The van der Waals surface area contributed by atoms with Gasteiger partial charge in [-0.1, -0.05) is 17.7 Å². The molecule has 1 aromatic carbocycles. The molecule has 1 aliphatic rings. The minimum absolute atomic E-state index is 0.118. The standard InChI is InChI=1S/C12H15ClN2O3/c13-9-2-1-3-10(16)8(9)6-15-5-4-12(14,7-15)11(17)18/h1-3,16H,4-7,14H2,(H,17,18). The second kappa shape index (κ2) is 4.76. The fourth-order valence-electron chi connectivity index (χ4n) is 2.15. The first-order chi connectivity index (χ1) is 8.42. The summed E-state index contributed by atoms with van der Waals surface area (Å²) in [5, 5.41) is 19.2. The van der Waals surface area contributed by atoms with Crippen LogP contribution in [0.3, 0.4) is 0 Å². The molecule has 4 N–H and O–H groups in total. The van der Waals surface area contributed by atoms with Crippen LogP contribution in [-0.4, -0.2) is 39.7 Å². The third-order valence-corrected chi connectivity index (χ3v) is 3.64. The van der Waals surface area contributed by atoms with Crippen molar-refractivity contribution in [3.8, 4) is 5.75 Å². The normalized spacial score (nSPS) is 24.3. The van der Waals surface area contributed by atoms with Crippen molar-refractivity contribution in [2.24, 2.45) is 5.73 Å². The van der Waals surface area contributed by atoms with Crippen LogP contribution in [0.2, 0.25) is 5.02 Å². The Kier molecular flexibility index (Phi) is 3.47. The van der Waals surface area contributed by atoms with Crippen molar-refractivity contribution in [2.45, 2.75) is 18.5 Å². The Balaban J connectivity index is 2.11. The van der Waals surface area contributed by atoms with Gasteiger partial charge in [0.05, 0.1) is 0 Å². The molecule has 0 amide bonds. The Morgan fingerprint density at radius 3 is 2.83 bits per heavy atom. The van der Waals surface area contributed by atoms with Crippen LogP contribution >= 0.6 is 11.6 Å². The van der Waals surface area contributed by atoms with Gasteiger partial charge < -0.3 is 15.9 Å². The number of phenolic OH excluding ortho intramolecular Hbond substituents is 1. The summed E-state index contributed by atoms with van der Waals surface area (Å²) in [6, 6.07) is 4.92. The maximum absolute atomic E-state index is 11.0. The molecular weight excluding hydrogens is 256 g/mol. The molecule has 1 aromatic rings. The second-order valence-corrected chi connectivity index (χ2v) is 5.07. The van der Waals surface area contributed by atoms with Crippen LogP contribution < -0.4 is 5.73 Å². The lowest BCUT2D eigenvalue weighted by Crippen LogP contribution is -2.50. The molecular formula is C12H15ClN2O3. The third kappa shape index (κ3) is 2.43. The number of nitrogens with zero attached hydrogens (tertiary/aromatic N) is 1. The summed E-state index contributed by atoms with van der Waals surface area (Å²) >= 11 is 6.01. The molecule has 0 aromatic heterocycles. The number of carboxylic acids is 1. The molecule has 2 rings (SSSR count). The Hall–Kier alpha value is -1.30. The number of hydrogen-bond acceptors (Lipinski definition) is 4. The summed E-state index contributed by atoms with van der Waals surface area (Å²) < 4.78 is 0. The topological polar surface area (TPSA) is 86.8 Å². The van der Waals surface area contributed by atoms with Crippen molar-refractivity contribution in [3.63, 3.8) is 0 Å². The van der Waals surface area contributed by atoms with Crippen LogP contribution in [0.15, 0.2) is 18.2 Å². The first kappa shape index (κ1) is 13.1. The van der Waals surface area contributed by atoms with Crippen molar-refractivity contribution in [1.29, 1.82) is 0 Å². The zero-order chi connectivity index (χ0) is 13.3. The summed E-state index contributed by atoms with van der Waals surface area (Å²) in [5.74, 6) is -0.874. The zero-order valence-electron chi connectivity index (χ0n) is 9.77. The molecule has 1 unspecified atom stereocenters. The van der Waals surface area contributed by atoms with Gasteiger partial charge in [-0.3, -0.25) is 9.69 Å². The predicted molar refractivity (Wildman–Crippen MR) is 67.6 cm³/mol. The smallest absolute Gasteiger partial charge is 0.325 e. The molecule has 1 saturated heterocycles. The van der Waals surface area contributed by atoms with Gasteiger partial charge in [0.1, 0.15) is 11.3 Å². The van der Waals surface area contributed by atoms with Crippen LogP contribution in [0, 0.1) is 0 Å². The monoisotopic (exact) mass is 270 g/mol. The molecule has 1 fully saturated rings. The number of aromatic hydroxyl groups is 1. The second-order valence-electron chi connectivity index (χ2n) is 4.66. The van der Waals surface area contributed by atoms with Gasteiger partial charge in [-0.25, -0.2) is 0 Å². The number of benzene rings is 1. The van der Waals surface area contributed by atoms with Crippen molar-refractivity contribution < 1.29 is 15.0 Å². The van der Waals surface area contributed by atoms with Gasteiger partial charge in [-0.2, -0.15) is 0 Å². The number of nitrogens with two attached hydrogens (primary N) is 1. The highest BCUT2D eigenvalue weighted by Crippen LogP contribution is 2.29. The number of phenols is 1. The Bertz CT molecular complexity index is 460. The molecule has 0 spiro atoms. The van der Waals surface area contributed by atoms with Crippen molar-refractivity contribution in [1.82, 2.24) is 4.90 Å². The van der Waals surface area contributed by atoms with Gasteiger partial charge >= 0.3 is 5.97 Å². The molecule has 18 heavy (non-hydrogen) atoms. The number of halogens is 1. The lowest BCUT2D eigenvalue weighted by Gasteiger charge is -2.20. The van der Waals surface area contributed by atoms with Crippen LogP contribution in [-0.2, 0) is 11.3 Å². The SMILES string of the molecule is NC1(C(=O)O)CCN(Cc2c(O)cccc2Cl)C1. The van der Waals surface area contributed by atoms with E-state index >= 15 is 0 Å². The van der Waals surface area contributed by atoms with Crippen LogP contribution in [0.4, 0.5) is 0 Å². The fraction of sp³-hybridized carbons (Fsp3) is 0.417. The van der Waals surface area contributed by atoms with Crippen molar-refractivity contribution in [2.75, 3.05) is 13.1 Å². The number of carboxylic acid groups (broad SMARTS) is 1. The van der Waals surface area contributed by atoms with Crippen LogP contribution in [0.5, 0.6) is 5.75 Å². The van der Waals surface area contributed by atoms with E-state index in [4.69, 9.17) is 22.4 Å². The number of rotatable bonds is 3.